The molecular formula is C17H25NO2S. The van der Waals surface area contributed by atoms with Gasteiger partial charge in [0.25, 0.3) is 5.91 Å². The first-order valence-corrected chi connectivity index (χ1v) is 8.58. The molecule has 1 N–H and O–H groups in total. The number of hydrogen-bond donors (Lipinski definition) is 1. The second-order valence-corrected chi connectivity index (χ2v) is 7.12. The Labute approximate surface area is 131 Å². The van der Waals surface area contributed by atoms with Crippen LogP contribution in [0.1, 0.15) is 57.8 Å². The van der Waals surface area contributed by atoms with Crippen molar-refractivity contribution in [2.45, 2.75) is 52.9 Å². The van der Waals surface area contributed by atoms with Crippen molar-refractivity contribution < 1.29 is 9.53 Å². The highest BCUT2D eigenvalue weighted by Crippen LogP contribution is 2.34. The van der Waals surface area contributed by atoms with Crippen LogP contribution < -0.4 is 5.32 Å². The Morgan fingerprint density at radius 3 is 2.86 bits per heavy atom. The van der Waals surface area contributed by atoms with Gasteiger partial charge >= 0.3 is 0 Å². The number of ether oxygens (including phenoxy) is 1. The maximum absolute atomic E-state index is 12.4. The van der Waals surface area contributed by atoms with Crippen molar-refractivity contribution in [2.75, 3.05) is 11.9 Å². The van der Waals surface area contributed by atoms with Gasteiger partial charge in [0.1, 0.15) is 5.76 Å². The number of nitrogens with one attached hydrogen (secondary N) is 1. The summed E-state index contributed by atoms with van der Waals surface area (Å²) in [5.74, 6) is 1.88. The molecule has 3 nitrogen and oxygen atoms in total. The molecule has 0 aliphatic carbocycles. The first-order chi connectivity index (χ1) is 9.99. The zero-order valence-corrected chi connectivity index (χ0v) is 14.2. The number of hydrogen-bond acceptors (Lipinski definition) is 3. The number of rotatable bonds is 5. The van der Waals surface area contributed by atoms with Gasteiger partial charge in [-0.3, -0.25) is 4.79 Å². The second-order valence-electron chi connectivity index (χ2n) is 6.17. The van der Waals surface area contributed by atoms with Crippen LogP contribution in [0.5, 0.6) is 0 Å². The summed E-state index contributed by atoms with van der Waals surface area (Å²) in [6.45, 7) is 9.29. The lowest BCUT2D eigenvalue weighted by molar-refractivity contribution is -0.113. The van der Waals surface area contributed by atoms with Gasteiger partial charge in [-0.25, -0.2) is 0 Å². The largest absolute Gasteiger partial charge is 0.498 e. The Kier molecular flexibility index (Phi) is 5.45. The molecule has 4 heteroatoms. The first-order valence-electron chi connectivity index (χ1n) is 7.70. The van der Waals surface area contributed by atoms with E-state index in [1.807, 2.05) is 13.0 Å². The SMILES string of the molecule is CC1=C(C(=O)Nc2ccsc2C(C)CC(C)C)CCCO1. The predicted molar refractivity (Wildman–Crippen MR) is 88.7 cm³/mol. The molecular weight excluding hydrogens is 282 g/mol. The molecule has 0 fully saturated rings. The van der Waals surface area contributed by atoms with Gasteiger partial charge < -0.3 is 10.1 Å². The lowest BCUT2D eigenvalue weighted by Crippen LogP contribution is -2.20. The van der Waals surface area contributed by atoms with Crippen LogP contribution >= 0.6 is 11.3 Å². The number of thiophene rings is 1. The Morgan fingerprint density at radius 1 is 1.43 bits per heavy atom. The zero-order valence-electron chi connectivity index (χ0n) is 13.4. The highest BCUT2D eigenvalue weighted by atomic mass is 32.1. The van der Waals surface area contributed by atoms with E-state index in [0.717, 1.165) is 42.9 Å². The third-order valence-electron chi connectivity index (χ3n) is 3.80. The van der Waals surface area contributed by atoms with Crippen LogP contribution in [0.4, 0.5) is 5.69 Å². The molecule has 0 radical (unpaired) electrons. The molecule has 1 aliphatic rings. The third-order valence-corrected chi connectivity index (χ3v) is 4.95. The maximum atomic E-state index is 12.4. The van der Waals surface area contributed by atoms with Gasteiger partial charge in [0.2, 0.25) is 0 Å². The topological polar surface area (TPSA) is 38.3 Å². The molecule has 1 atom stereocenters. The molecule has 116 valence electrons. The number of anilines is 1. The van der Waals surface area contributed by atoms with E-state index in [0.29, 0.717) is 11.8 Å². The number of carbonyl (C=O) groups is 1. The van der Waals surface area contributed by atoms with Gasteiger partial charge in [-0.2, -0.15) is 0 Å². The molecule has 0 aromatic carbocycles. The molecule has 1 aliphatic heterocycles. The average Bonchev–Trinajstić information content (AvgIpc) is 2.86. The molecule has 0 bridgehead atoms. The molecule has 2 heterocycles. The molecule has 1 unspecified atom stereocenters. The van der Waals surface area contributed by atoms with E-state index in [1.54, 1.807) is 11.3 Å². The fraction of sp³-hybridized carbons (Fsp3) is 0.588. The van der Waals surface area contributed by atoms with Crippen LogP contribution in [0.15, 0.2) is 22.8 Å². The van der Waals surface area contributed by atoms with Gasteiger partial charge in [0, 0.05) is 4.88 Å². The van der Waals surface area contributed by atoms with Crippen molar-refractivity contribution in [2.24, 2.45) is 5.92 Å². The molecule has 2 rings (SSSR count). The van der Waals surface area contributed by atoms with Crippen molar-refractivity contribution in [1.82, 2.24) is 0 Å². The average molecular weight is 307 g/mol. The molecule has 0 saturated carbocycles. The highest BCUT2D eigenvalue weighted by Gasteiger charge is 2.20. The van der Waals surface area contributed by atoms with Crippen molar-refractivity contribution in [1.29, 1.82) is 0 Å². The van der Waals surface area contributed by atoms with Crippen LogP contribution in [0.25, 0.3) is 0 Å². The van der Waals surface area contributed by atoms with E-state index >= 15 is 0 Å². The monoisotopic (exact) mass is 307 g/mol. The summed E-state index contributed by atoms with van der Waals surface area (Å²) in [6, 6.07) is 2.01. The smallest absolute Gasteiger partial charge is 0.254 e. The Balaban J connectivity index is 2.10. The van der Waals surface area contributed by atoms with Crippen molar-refractivity contribution in [3.8, 4) is 0 Å². The minimum absolute atomic E-state index is 0.0106. The van der Waals surface area contributed by atoms with Crippen molar-refractivity contribution in [3.63, 3.8) is 0 Å². The van der Waals surface area contributed by atoms with Gasteiger partial charge in [-0.05, 0) is 49.5 Å². The lowest BCUT2D eigenvalue weighted by Gasteiger charge is -2.19. The van der Waals surface area contributed by atoms with Crippen molar-refractivity contribution >= 4 is 22.9 Å². The van der Waals surface area contributed by atoms with E-state index in [9.17, 15) is 4.79 Å². The summed E-state index contributed by atoms with van der Waals surface area (Å²) < 4.78 is 5.48. The number of carbonyl (C=O) groups excluding carboxylic acids is 1. The summed E-state index contributed by atoms with van der Waals surface area (Å²) in [5.41, 5.74) is 1.75. The van der Waals surface area contributed by atoms with Crippen LogP contribution in [0, 0.1) is 5.92 Å². The van der Waals surface area contributed by atoms with E-state index in [1.165, 1.54) is 4.88 Å². The van der Waals surface area contributed by atoms with Crippen LogP contribution in [0.2, 0.25) is 0 Å². The van der Waals surface area contributed by atoms with Crippen LogP contribution in [0.3, 0.4) is 0 Å². The highest BCUT2D eigenvalue weighted by molar-refractivity contribution is 7.10. The van der Waals surface area contributed by atoms with Crippen molar-refractivity contribution in [3.05, 3.63) is 27.7 Å². The fourth-order valence-electron chi connectivity index (χ4n) is 2.83. The zero-order chi connectivity index (χ0) is 15.4. The minimum Gasteiger partial charge on any atom is -0.498 e. The molecule has 1 aromatic rings. The summed E-state index contributed by atoms with van der Waals surface area (Å²) in [5, 5.41) is 5.13. The lowest BCUT2D eigenvalue weighted by atomic mass is 9.97. The normalized spacial score (nSPS) is 16.8. The Morgan fingerprint density at radius 2 is 2.19 bits per heavy atom. The van der Waals surface area contributed by atoms with Crippen LogP contribution in [-0.2, 0) is 9.53 Å². The molecule has 21 heavy (non-hydrogen) atoms. The molecule has 1 aromatic heterocycles. The molecule has 1 amide bonds. The summed E-state index contributed by atoms with van der Waals surface area (Å²) in [4.78, 5) is 13.7. The van der Waals surface area contributed by atoms with Gasteiger partial charge in [0.15, 0.2) is 0 Å². The van der Waals surface area contributed by atoms with Gasteiger partial charge in [-0.15, -0.1) is 11.3 Å². The van der Waals surface area contributed by atoms with E-state index < -0.39 is 0 Å². The van der Waals surface area contributed by atoms with E-state index in [2.05, 4.69) is 31.5 Å². The third kappa shape index (κ3) is 4.10. The second kappa shape index (κ2) is 7.12. The maximum Gasteiger partial charge on any atom is 0.254 e. The minimum atomic E-state index is -0.0106. The summed E-state index contributed by atoms with van der Waals surface area (Å²) in [7, 11) is 0. The van der Waals surface area contributed by atoms with Crippen LogP contribution in [-0.4, -0.2) is 12.5 Å². The predicted octanol–water partition coefficient (Wildman–Crippen LogP) is 4.92. The summed E-state index contributed by atoms with van der Waals surface area (Å²) in [6.07, 6.45) is 2.85. The Hall–Kier alpha value is -1.29. The molecule has 0 saturated heterocycles. The number of allylic oxidation sites excluding steroid dienone is 1. The summed E-state index contributed by atoms with van der Waals surface area (Å²) >= 11 is 1.73. The van der Waals surface area contributed by atoms with Gasteiger partial charge in [0.05, 0.1) is 17.9 Å². The first kappa shape index (κ1) is 16.1. The standard InChI is InChI=1S/C17H25NO2S/c1-11(2)10-12(3)16-15(7-9-21-16)18-17(19)14-6-5-8-20-13(14)4/h7,9,11-12H,5-6,8,10H2,1-4H3,(H,18,19). The Bertz CT molecular complexity index is 531. The molecule has 0 spiro atoms. The van der Waals surface area contributed by atoms with Gasteiger partial charge in [-0.1, -0.05) is 20.8 Å². The number of amides is 1. The van der Waals surface area contributed by atoms with E-state index in [4.69, 9.17) is 4.74 Å². The van der Waals surface area contributed by atoms with E-state index in [-0.39, 0.29) is 5.91 Å². The fourth-order valence-corrected chi connectivity index (χ4v) is 3.75. The quantitative estimate of drug-likeness (QED) is 0.838.